The Hall–Kier alpha value is -2.68. The summed E-state index contributed by atoms with van der Waals surface area (Å²) in [5.41, 5.74) is 0.793. The molecule has 0 radical (unpaired) electrons. The number of carbonyl (C=O) groups excluding carboxylic acids is 1. The van der Waals surface area contributed by atoms with E-state index in [9.17, 15) is 14.4 Å². The summed E-state index contributed by atoms with van der Waals surface area (Å²) < 4.78 is 0. The Bertz CT molecular complexity index is 669. The SMILES string of the molecule is O=C(O)CN1C(=O)CS/C1=N/N=C/c1ccc(C(=O)O)cc1. The molecule has 8 nitrogen and oxygen atoms in total. The van der Waals surface area contributed by atoms with Crippen LogP contribution >= 0.6 is 11.8 Å². The Morgan fingerprint density at radius 3 is 2.55 bits per heavy atom. The molecule has 0 spiro atoms. The largest absolute Gasteiger partial charge is 0.480 e. The molecule has 0 aliphatic carbocycles. The fourth-order valence-electron chi connectivity index (χ4n) is 1.62. The van der Waals surface area contributed by atoms with Crippen LogP contribution in [0.25, 0.3) is 0 Å². The minimum Gasteiger partial charge on any atom is -0.480 e. The number of carboxylic acid groups (broad SMARTS) is 2. The second-order valence-electron chi connectivity index (χ2n) is 4.22. The molecule has 1 fully saturated rings. The molecule has 1 aliphatic heterocycles. The molecule has 2 rings (SSSR count). The van der Waals surface area contributed by atoms with Gasteiger partial charge in [-0.25, -0.2) is 4.79 Å². The highest BCUT2D eigenvalue weighted by atomic mass is 32.2. The lowest BCUT2D eigenvalue weighted by molar-refractivity contribution is -0.140. The van der Waals surface area contributed by atoms with Gasteiger partial charge in [-0.3, -0.25) is 14.5 Å². The molecule has 0 bridgehead atoms. The molecule has 2 N–H and O–H groups in total. The topological polar surface area (TPSA) is 120 Å². The van der Waals surface area contributed by atoms with Gasteiger partial charge in [-0.1, -0.05) is 23.9 Å². The number of amides is 1. The molecule has 0 unspecified atom stereocenters. The number of hydrogen-bond donors (Lipinski definition) is 2. The molecular weight excluding hydrogens is 310 g/mol. The quantitative estimate of drug-likeness (QED) is 0.609. The number of nitrogens with zero attached hydrogens (tertiary/aromatic N) is 3. The summed E-state index contributed by atoms with van der Waals surface area (Å²) in [5, 5.41) is 25.4. The van der Waals surface area contributed by atoms with Crippen LogP contribution in [0.15, 0.2) is 34.5 Å². The number of aliphatic carboxylic acids is 1. The molecule has 1 amide bonds. The number of benzene rings is 1. The summed E-state index contributed by atoms with van der Waals surface area (Å²) in [6.07, 6.45) is 1.39. The van der Waals surface area contributed by atoms with Gasteiger partial charge in [0.25, 0.3) is 0 Å². The van der Waals surface area contributed by atoms with Crippen molar-refractivity contribution in [3.05, 3.63) is 35.4 Å². The smallest absolute Gasteiger partial charge is 0.335 e. The lowest BCUT2D eigenvalue weighted by Crippen LogP contribution is -2.34. The number of thioether (sulfide) groups is 1. The summed E-state index contributed by atoms with van der Waals surface area (Å²) in [5.74, 6) is -2.34. The number of rotatable bonds is 5. The maximum atomic E-state index is 11.5. The normalized spacial score (nSPS) is 16.6. The van der Waals surface area contributed by atoms with Crippen molar-refractivity contribution in [3.8, 4) is 0 Å². The van der Waals surface area contributed by atoms with Crippen molar-refractivity contribution in [2.75, 3.05) is 12.3 Å². The second-order valence-corrected chi connectivity index (χ2v) is 5.16. The molecule has 0 atom stereocenters. The molecule has 1 heterocycles. The van der Waals surface area contributed by atoms with E-state index in [1.54, 1.807) is 12.1 Å². The molecule has 0 aromatic heterocycles. The Labute approximate surface area is 129 Å². The summed E-state index contributed by atoms with van der Waals surface area (Å²) in [6.45, 7) is -0.451. The van der Waals surface area contributed by atoms with Gasteiger partial charge < -0.3 is 10.2 Å². The van der Waals surface area contributed by atoms with Gasteiger partial charge in [0.1, 0.15) is 6.54 Å². The van der Waals surface area contributed by atoms with Crippen LogP contribution in [0.4, 0.5) is 0 Å². The fraction of sp³-hybridized carbons (Fsp3) is 0.154. The summed E-state index contributed by atoms with van der Waals surface area (Å²) >= 11 is 1.11. The third-order valence-corrected chi connectivity index (χ3v) is 3.61. The van der Waals surface area contributed by atoms with Crippen molar-refractivity contribution in [2.45, 2.75) is 0 Å². The zero-order chi connectivity index (χ0) is 16.1. The highest BCUT2D eigenvalue weighted by molar-refractivity contribution is 8.15. The fourth-order valence-corrected chi connectivity index (χ4v) is 2.45. The highest BCUT2D eigenvalue weighted by Crippen LogP contribution is 2.19. The van der Waals surface area contributed by atoms with Gasteiger partial charge in [-0.15, -0.1) is 5.10 Å². The van der Waals surface area contributed by atoms with Crippen LogP contribution in [-0.4, -0.2) is 56.6 Å². The molecule has 1 aromatic rings. The van der Waals surface area contributed by atoms with Crippen molar-refractivity contribution in [3.63, 3.8) is 0 Å². The maximum Gasteiger partial charge on any atom is 0.335 e. The molecule has 114 valence electrons. The Morgan fingerprint density at radius 1 is 1.27 bits per heavy atom. The number of carbonyl (C=O) groups is 3. The zero-order valence-electron chi connectivity index (χ0n) is 11.2. The lowest BCUT2D eigenvalue weighted by Gasteiger charge is -2.11. The van der Waals surface area contributed by atoms with Crippen molar-refractivity contribution >= 4 is 41.0 Å². The van der Waals surface area contributed by atoms with Crippen molar-refractivity contribution in [1.29, 1.82) is 0 Å². The predicted molar refractivity (Wildman–Crippen MR) is 80.2 cm³/mol. The van der Waals surface area contributed by atoms with Gasteiger partial charge in [0.15, 0.2) is 5.17 Å². The Balaban J connectivity index is 2.07. The van der Waals surface area contributed by atoms with E-state index in [2.05, 4.69) is 10.2 Å². The van der Waals surface area contributed by atoms with Crippen molar-refractivity contribution in [1.82, 2.24) is 4.90 Å². The zero-order valence-corrected chi connectivity index (χ0v) is 12.0. The van der Waals surface area contributed by atoms with Gasteiger partial charge in [0.05, 0.1) is 17.5 Å². The van der Waals surface area contributed by atoms with Crippen LogP contribution < -0.4 is 0 Å². The Morgan fingerprint density at radius 2 is 1.95 bits per heavy atom. The minimum atomic E-state index is -1.13. The van der Waals surface area contributed by atoms with Crippen molar-refractivity contribution in [2.24, 2.45) is 10.2 Å². The summed E-state index contributed by atoms with van der Waals surface area (Å²) in [4.78, 5) is 34.0. The molecule has 1 aliphatic rings. The van der Waals surface area contributed by atoms with E-state index < -0.39 is 18.5 Å². The lowest BCUT2D eigenvalue weighted by atomic mass is 10.1. The third-order valence-electron chi connectivity index (χ3n) is 2.66. The van der Waals surface area contributed by atoms with E-state index >= 15 is 0 Å². The molecular formula is C13H11N3O5S. The molecule has 1 aromatic carbocycles. The van der Waals surface area contributed by atoms with E-state index in [1.807, 2.05) is 0 Å². The van der Waals surface area contributed by atoms with E-state index in [0.29, 0.717) is 5.56 Å². The van der Waals surface area contributed by atoms with Gasteiger partial charge >= 0.3 is 11.9 Å². The van der Waals surface area contributed by atoms with Crippen LogP contribution in [0, 0.1) is 0 Å². The van der Waals surface area contributed by atoms with Crippen LogP contribution in [0.5, 0.6) is 0 Å². The van der Waals surface area contributed by atoms with Gasteiger partial charge in [-0.2, -0.15) is 5.10 Å². The summed E-state index contributed by atoms with van der Waals surface area (Å²) in [6, 6.07) is 5.99. The van der Waals surface area contributed by atoms with Gasteiger partial charge in [-0.05, 0) is 17.7 Å². The summed E-state index contributed by atoms with van der Waals surface area (Å²) in [7, 11) is 0. The molecule has 1 saturated heterocycles. The van der Waals surface area contributed by atoms with Crippen LogP contribution in [0.3, 0.4) is 0 Å². The third kappa shape index (κ3) is 3.92. The standard InChI is InChI=1S/C13H11N3O5S/c17-10-7-22-13(16(10)6-11(18)19)15-14-5-8-1-3-9(4-2-8)12(20)21/h1-5H,6-7H2,(H,18,19)(H,20,21)/b14-5+,15-13+. The van der Waals surface area contributed by atoms with Crippen LogP contribution in [0.2, 0.25) is 0 Å². The molecule has 9 heteroatoms. The van der Waals surface area contributed by atoms with E-state index in [1.165, 1.54) is 18.3 Å². The first kappa shape index (κ1) is 15.7. The average Bonchev–Trinajstić information content (AvgIpc) is 2.80. The van der Waals surface area contributed by atoms with E-state index in [4.69, 9.17) is 10.2 Å². The average molecular weight is 321 g/mol. The predicted octanol–water partition coefficient (Wildman–Crippen LogP) is 0.735. The molecule has 0 saturated carbocycles. The van der Waals surface area contributed by atoms with E-state index in [0.717, 1.165) is 16.7 Å². The monoisotopic (exact) mass is 321 g/mol. The molecule has 22 heavy (non-hydrogen) atoms. The van der Waals surface area contributed by atoms with E-state index in [-0.39, 0.29) is 22.4 Å². The number of hydrogen-bond acceptors (Lipinski definition) is 6. The first-order valence-corrected chi connectivity index (χ1v) is 7.05. The number of amidine groups is 1. The second kappa shape index (κ2) is 6.85. The first-order valence-electron chi connectivity index (χ1n) is 6.06. The van der Waals surface area contributed by atoms with Crippen LogP contribution in [0.1, 0.15) is 15.9 Å². The minimum absolute atomic E-state index is 0.134. The van der Waals surface area contributed by atoms with Gasteiger partial charge in [0.2, 0.25) is 5.91 Å². The highest BCUT2D eigenvalue weighted by Gasteiger charge is 2.29. The van der Waals surface area contributed by atoms with Gasteiger partial charge in [0, 0.05) is 0 Å². The van der Waals surface area contributed by atoms with Crippen LogP contribution in [-0.2, 0) is 9.59 Å². The van der Waals surface area contributed by atoms with Crippen molar-refractivity contribution < 1.29 is 24.6 Å². The number of aromatic carboxylic acids is 1. The first-order chi connectivity index (χ1) is 10.5. The number of carboxylic acids is 2. The maximum absolute atomic E-state index is 11.5. The Kier molecular flexibility index (Phi) is 4.89.